The lowest BCUT2D eigenvalue weighted by Crippen LogP contribution is -2.26. The van der Waals surface area contributed by atoms with Crippen molar-refractivity contribution < 1.29 is 18.8 Å². The van der Waals surface area contributed by atoms with Gasteiger partial charge in [-0.25, -0.2) is 10.1 Å². The van der Waals surface area contributed by atoms with E-state index in [1.54, 1.807) is 24.3 Å². The molecule has 3 N–H and O–H groups in total. The zero-order valence-electron chi connectivity index (χ0n) is 20.7. The highest BCUT2D eigenvalue weighted by atomic mass is 16.6. The number of nitro groups is 1. The molecule has 1 aliphatic rings. The van der Waals surface area contributed by atoms with E-state index in [1.165, 1.54) is 28.6 Å². The number of nitrogens with zero attached hydrogens (tertiary/aromatic N) is 8. The van der Waals surface area contributed by atoms with E-state index in [9.17, 15) is 14.9 Å². The molecule has 6 rings (SSSR count). The van der Waals surface area contributed by atoms with Gasteiger partial charge >= 0.3 is 0 Å². The van der Waals surface area contributed by atoms with Crippen LogP contribution >= 0.6 is 0 Å². The zero-order valence-corrected chi connectivity index (χ0v) is 20.7. The topological polar surface area (TPSA) is 197 Å². The number of carbonyl (C=O) groups excluding carboxylic acids is 1. The third kappa shape index (κ3) is 4.62. The zero-order chi connectivity index (χ0) is 27.6. The first-order valence-corrected chi connectivity index (χ1v) is 12.0. The summed E-state index contributed by atoms with van der Waals surface area (Å²) in [6.45, 7) is 1.02. The Balaban J connectivity index is 1.22. The Morgan fingerprint density at radius 3 is 2.88 bits per heavy atom. The fraction of sp³-hybridized carbons (Fsp3) is 0.120. The van der Waals surface area contributed by atoms with Crippen LogP contribution in [0.15, 0.2) is 74.8 Å². The van der Waals surface area contributed by atoms with Gasteiger partial charge in [-0.3, -0.25) is 14.9 Å². The van der Waals surface area contributed by atoms with Gasteiger partial charge in [0.1, 0.15) is 11.5 Å². The molecule has 5 aromatic rings. The summed E-state index contributed by atoms with van der Waals surface area (Å²) >= 11 is 0. The molecule has 1 amide bonds. The maximum absolute atomic E-state index is 13.1. The van der Waals surface area contributed by atoms with Crippen molar-refractivity contribution in [1.82, 2.24) is 30.7 Å². The van der Waals surface area contributed by atoms with Crippen LogP contribution in [0.2, 0.25) is 0 Å². The van der Waals surface area contributed by atoms with E-state index in [0.29, 0.717) is 22.8 Å². The first-order valence-electron chi connectivity index (χ1n) is 12.0. The molecule has 0 saturated carbocycles. The van der Waals surface area contributed by atoms with Crippen LogP contribution in [0.25, 0.3) is 17.1 Å². The Morgan fingerprint density at radius 2 is 2.05 bits per heavy atom. The second kappa shape index (κ2) is 10.1. The number of nitrogens with one attached hydrogen (secondary N) is 1. The van der Waals surface area contributed by atoms with E-state index in [1.807, 2.05) is 18.2 Å². The molecule has 2 aromatic carbocycles. The van der Waals surface area contributed by atoms with Crippen LogP contribution in [-0.2, 0) is 13.0 Å². The van der Waals surface area contributed by atoms with Crippen molar-refractivity contribution in [2.24, 2.45) is 5.10 Å². The van der Waals surface area contributed by atoms with Gasteiger partial charge in [0.2, 0.25) is 11.6 Å². The number of hydrogen-bond donors (Lipinski definition) is 2. The SMILES string of the molecule is Nc1nonc1-n1nnc(C(=O)NN=Cc2ccc(-c3cccc([N+](=O)[O-])c3)o2)c1CN1CCc2ccccc21. The number of aromatic nitrogens is 5. The minimum Gasteiger partial charge on any atom is -0.455 e. The number of nitrogen functional groups attached to an aromatic ring is 1. The van der Waals surface area contributed by atoms with Crippen molar-refractivity contribution in [3.63, 3.8) is 0 Å². The minimum absolute atomic E-state index is 0.00433. The largest absolute Gasteiger partial charge is 0.455 e. The van der Waals surface area contributed by atoms with E-state index in [-0.39, 0.29) is 29.6 Å². The van der Waals surface area contributed by atoms with Crippen LogP contribution in [0, 0.1) is 10.1 Å². The summed E-state index contributed by atoms with van der Waals surface area (Å²) in [5.41, 5.74) is 11.5. The molecular weight excluding hydrogens is 520 g/mol. The van der Waals surface area contributed by atoms with Crippen molar-refractivity contribution in [2.75, 3.05) is 17.2 Å². The Morgan fingerprint density at radius 1 is 1.18 bits per heavy atom. The molecule has 3 aromatic heterocycles. The maximum atomic E-state index is 13.1. The predicted molar refractivity (Wildman–Crippen MR) is 141 cm³/mol. The number of nitrogens with two attached hydrogens (primary N) is 1. The van der Waals surface area contributed by atoms with Gasteiger partial charge in [0.15, 0.2) is 5.69 Å². The number of furan rings is 1. The van der Waals surface area contributed by atoms with Gasteiger partial charge in [-0.1, -0.05) is 35.5 Å². The quantitative estimate of drug-likeness (QED) is 0.167. The van der Waals surface area contributed by atoms with Crippen LogP contribution in [0.3, 0.4) is 0 Å². The second-order valence-corrected chi connectivity index (χ2v) is 8.78. The van der Waals surface area contributed by atoms with Gasteiger partial charge in [-0.15, -0.1) is 5.10 Å². The monoisotopic (exact) mass is 540 g/mol. The van der Waals surface area contributed by atoms with Gasteiger partial charge in [0, 0.05) is 29.9 Å². The summed E-state index contributed by atoms with van der Waals surface area (Å²) in [5, 5.41) is 30.6. The number of benzene rings is 2. The van der Waals surface area contributed by atoms with Crippen LogP contribution in [0.5, 0.6) is 0 Å². The molecule has 0 radical (unpaired) electrons. The van der Waals surface area contributed by atoms with Crippen molar-refractivity contribution in [2.45, 2.75) is 13.0 Å². The normalized spacial score (nSPS) is 12.7. The average molecular weight is 541 g/mol. The lowest BCUT2D eigenvalue weighted by atomic mass is 10.1. The number of non-ortho nitro benzene ring substituents is 1. The molecule has 0 unspecified atom stereocenters. The molecule has 0 atom stereocenters. The summed E-state index contributed by atoms with van der Waals surface area (Å²) in [5.74, 6) is 0.217. The Kier molecular flexibility index (Phi) is 6.20. The lowest BCUT2D eigenvalue weighted by molar-refractivity contribution is -0.384. The maximum Gasteiger partial charge on any atom is 0.293 e. The van der Waals surface area contributed by atoms with Crippen molar-refractivity contribution >= 4 is 29.3 Å². The van der Waals surface area contributed by atoms with E-state index in [4.69, 9.17) is 14.8 Å². The number of fused-ring (bicyclic) bond motifs is 1. The molecule has 0 fully saturated rings. The van der Waals surface area contributed by atoms with Crippen molar-refractivity contribution in [3.8, 4) is 17.1 Å². The van der Waals surface area contributed by atoms with Crippen LogP contribution < -0.4 is 16.1 Å². The summed E-state index contributed by atoms with van der Waals surface area (Å²) in [6, 6.07) is 17.3. The summed E-state index contributed by atoms with van der Waals surface area (Å²) in [6.07, 6.45) is 2.16. The average Bonchev–Trinajstić information content (AvgIpc) is 3.76. The summed E-state index contributed by atoms with van der Waals surface area (Å²) < 4.78 is 11.7. The van der Waals surface area contributed by atoms with Crippen molar-refractivity contribution in [3.05, 3.63) is 93.5 Å². The third-order valence-electron chi connectivity index (χ3n) is 6.32. The highest BCUT2D eigenvalue weighted by Crippen LogP contribution is 2.30. The fourth-order valence-electron chi connectivity index (χ4n) is 4.44. The van der Waals surface area contributed by atoms with Gasteiger partial charge in [-0.2, -0.15) is 9.78 Å². The summed E-state index contributed by atoms with van der Waals surface area (Å²) in [7, 11) is 0. The molecule has 1 aliphatic heterocycles. The molecule has 0 saturated heterocycles. The lowest BCUT2D eigenvalue weighted by Gasteiger charge is -2.19. The van der Waals surface area contributed by atoms with E-state index in [2.05, 4.69) is 42.1 Å². The number of hydrazone groups is 1. The van der Waals surface area contributed by atoms with E-state index < -0.39 is 10.8 Å². The Labute approximate surface area is 225 Å². The van der Waals surface area contributed by atoms with E-state index in [0.717, 1.165) is 18.7 Å². The number of rotatable bonds is 8. The van der Waals surface area contributed by atoms with Gasteiger partial charge < -0.3 is 15.1 Å². The second-order valence-electron chi connectivity index (χ2n) is 8.78. The molecule has 200 valence electrons. The predicted octanol–water partition coefficient (Wildman–Crippen LogP) is 2.73. The van der Waals surface area contributed by atoms with Gasteiger partial charge in [-0.05, 0) is 40.5 Å². The number of para-hydroxylation sites is 1. The standard InChI is InChI=1S/C25H20N10O5/c26-23-24(31-40-30-23)34-20(14-33-11-10-15-4-1-2-7-19(15)33)22(28-32-34)25(36)29-27-13-18-8-9-21(39-18)16-5-3-6-17(12-16)35(37)38/h1-9,12-13H,10-11,14H2,(H2,26,30)(H,29,36). The molecule has 4 heterocycles. The van der Waals surface area contributed by atoms with Crippen molar-refractivity contribution in [1.29, 1.82) is 0 Å². The molecule has 0 bridgehead atoms. The molecule has 40 heavy (non-hydrogen) atoms. The molecular formula is C25H20N10O5. The highest BCUT2D eigenvalue weighted by molar-refractivity contribution is 5.94. The number of nitro benzene ring substituents is 1. The third-order valence-corrected chi connectivity index (χ3v) is 6.32. The van der Waals surface area contributed by atoms with Gasteiger partial charge in [0.25, 0.3) is 11.6 Å². The van der Waals surface area contributed by atoms with Gasteiger partial charge in [0.05, 0.1) is 23.4 Å². The number of anilines is 2. The fourth-order valence-corrected chi connectivity index (χ4v) is 4.44. The summed E-state index contributed by atoms with van der Waals surface area (Å²) in [4.78, 5) is 25.8. The van der Waals surface area contributed by atoms with Crippen LogP contribution in [0.4, 0.5) is 17.2 Å². The molecule has 15 nitrogen and oxygen atoms in total. The number of hydrogen-bond acceptors (Lipinski definition) is 12. The first kappa shape index (κ1) is 24.5. The molecule has 0 spiro atoms. The smallest absolute Gasteiger partial charge is 0.293 e. The number of carbonyl (C=O) groups is 1. The Hall–Kier alpha value is -5.86. The van der Waals surface area contributed by atoms with Crippen LogP contribution in [-0.4, -0.2) is 48.9 Å². The van der Waals surface area contributed by atoms with E-state index >= 15 is 0 Å². The van der Waals surface area contributed by atoms with Crippen LogP contribution in [0.1, 0.15) is 27.5 Å². The first-order chi connectivity index (χ1) is 19.5. The minimum atomic E-state index is -0.620. The highest BCUT2D eigenvalue weighted by Gasteiger charge is 2.28. The Bertz CT molecular complexity index is 1750. The number of amides is 1. The molecule has 0 aliphatic carbocycles. The molecule has 15 heteroatoms.